The van der Waals surface area contributed by atoms with Gasteiger partial charge in [-0.2, -0.15) is 0 Å². The SMILES string of the molecule is CC(C)Oc1ccc(Cl)c(CC2CCN(Cc3cc(=O)n(-c4ccccc4)c(=O)n3C)CC2)c1. The molecule has 0 spiro atoms. The topological polar surface area (TPSA) is 56.5 Å². The van der Waals surface area contributed by atoms with E-state index in [1.54, 1.807) is 29.8 Å². The second kappa shape index (κ2) is 10.6. The lowest BCUT2D eigenvalue weighted by Crippen LogP contribution is -2.41. The van der Waals surface area contributed by atoms with Crippen LogP contribution < -0.4 is 16.0 Å². The van der Waals surface area contributed by atoms with E-state index in [0.717, 1.165) is 54.4 Å². The van der Waals surface area contributed by atoms with E-state index in [4.69, 9.17) is 16.3 Å². The minimum atomic E-state index is -0.318. The van der Waals surface area contributed by atoms with E-state index in [2.05, 4.69) is 11.0 Å². The predicted molar refractivity (Wildman–Crippen MR) is 136 cm³/mol. The maximum atomic E-state index is 12.9. The summed E-state index contributed by atoms with van der Waals surface area (Å²) in [5, 5.41) is 0.785. The molecule has 1 aliphatic heterocycles. The number of halogens is 1. The fourth-order valence-electron chi connectivity index (χ4n) is 4.58. The molecule has 3 aromatic rings. The first-order valence-corrected chi connectivity index (χ1v) is 12.2. The molecule has 0 N–H and O–H groups in total. The van der Waals surface area contributed by atoms with Crippen molar-refractivity contribution in [1.29, 1.82) is 0 Å². The van der Waals surface area contributed by atoms with E-state index in [1.165, 1.54) is 4.57 Å². The standard InChI is InChI=1S/C27H32ClN3O3/c1-19(2)34-24-9-10-25(28)21(16-24)15-20-11-13-30(14-12-20)18-23-17-26(32)31(27(33)29(23)3)22-7-5-4-6-8-22/h4-10,16-17,19-20H,11-15,18H2,1-3H3. The number of piperidine rings is 1. The van der Waals surface area contributed by atoms with Crippen LogP contribution in [0, 0.1) is 5.92 Å². The summed E-state index contributed by atoms with van der Waals surface area (Å²) in [6.45, 7) is 6.45. The molecule has 34 heavy (non-hydrogen) atoms. The van der Waals surface area contributed by atoms with Crippen molar-refractivity contribution in [1.82, 2.24) is 14.0 Å². The largest absolute Gasteiger partial charge is 0.491 e. The van der Waals surface area contributed by atoms with Gasteiger partial charge >= 0.3 is 5.69 Å². The molecule has 2 heterocycles. The molecule has 0 radical (unpaired) electrons. The predicted octanol–water partition coefficient (Wildman–Crippen LogP) is 4.43. The molecule has 1 aliphatic rings. The molecule has 0 amide bonds. The number of ether oxygens (including phenoxy) is 1. The maximum Gasteiger partial charge on any atom is 0.335 e. The van der Waals surface area contributed by atoms with Crippen molar-refractivity contribution in [3.63, 3.8) is 0 Å². The molecule has 1 aromatic heterocycles. The Hall–Kier alpha value is -2.83. The van der Waals surface area contributed by atoms with E-state index < -0.39 is 0 Å². The van der Waals surface area contributed by atoms with Gasteiger partial charge in [-0.15, -0.1) is 0 Å². The van der Waals surface area contributed by atoms with E-state index in [9.17, 15) is 9.59 Å². The second-order valence-corrected chi connectivity index (χ2v) is 9.74. The fraction of sp³-hybridized carbons (Fsp3) is 0.407. The number of likely N-dealkylation sites (tertiary alicyclic amines) is 1. The third-order valence-electron chi connectivity index (χ3n) is 6.42. The summed E-state index contributed by atoms with van der Waals surface area (Å²) in [5.74, 6) is 1.40. The minimum Gasteiger partial charge on any atom is -0.491 e. The molecule has 6 nitrogen and oxygen atoms in total. The Bertz CT molecular complexity index is 1240. The Morgan fingerprint density at radius 3 is 2.41 bits per heavy atom. The van der Waals surface area contributed by atoms with Gasteiger partial charge in [0.2, 0.25) is 0 Å². The molecule has 180 valence electrons. The number of hydrogen-bond acceptors (Lipinski definition) is 4. The number of rotatable bonds is 7. The zero-order valence-electron chi connectivity index (χ0n) is 20.0. The van der Waals surface area contributed by atoms with Gasteiger partial charge in [-0.05, 0) is 88.0 Å². The van der Waals surface area contributed by atoms with Crippen LogP contribution in [0.15, 0.2) is 64.2 Å². The third kappa shape index (κ3) is 5.62. The van der Waals surface area contributed by atoms with Gasteiger partial charge in [-0.1, -0.05) is 29.8 Å². The van der Waals surface area contributed by atoms with Gasteiger partial charge in [0.1, 0.15) is 5.75 Å². The number of hydrogen-bond donors (Lipinski definition) is 0. The Morgan fingerprint density at radius 1 is 1.03 bits per heavy atom. The molecule has 7 heteroatoms. The molecule has 1 saturated heterocycles. The number of nitrogens with zero attached hydrogens (tertiary/aromatic N) is 3. The zero-order chi connectivity index (χ0) is 24.2. The molecule has 0 unspecified atom stereocenters. The molecule has 0 saturated carbocycles. The molecule has 0 aliphatic carbocycles. The normalized spacial score (nSPS) is 15.1. The monoisotopic (exact) mass is 481 g/mol. The molecule has 0 bridgehead atoms. The zero-order valence-corrected chi connectivity index (χ0v) is 20.8. The maximum absolute atomic E-state index is 12.9. The van der Waals surface area contributed by atoms with E-state index >= 15 is 0 Å². The van der Waals surface area contributed by atoms with Gasteiger partial charge in [-0.3, -0.25) is 14.3 Å². The average Bonchev–Trinajstić information content (AvgIpc) is 2.81. The molecular formula is C27H32ClN3O3. The first-order valence-electron chi connectivity index (χ1n) is 11.9. The van der Waals surface area contributed by atoms with E-state index in [0.29, 0.717) is 18.2 Å². The van der Waals surface area contributed by atoms with Gasteiger partial charge in [-0.25, -0.2) is 9.36 Å². The molecular weight excluding hydrogens is 450 g/mol. The van der Waals surface area contributed by atoms with Gasteiger partial charge in [0.15, 0.2) is 0 Å². The van der Waals surface area contributed by atoms with Crippen LogP contribution in [0.2, 0.25) is 5.02 Å². The number of benzene rings is 2. The van der Waals surface area contributed by atoms with Crippen molar-refractivity contribution in [3.8, 4) is 11.4 Å². The van der Waals surface area contributed by atoms with E-state index in [1.807, 2.05) is 44.2 Å². The summed E-state index contributed by atoms with van der Waals surface area (Å²) in [6, 6.07) is 16.5. The lowest BCUT2D eigenvalue weighted by molar-refractivity contribution is 0.173. The first-order chi connectivity index (χ1) is 16.3. The Balaban J connectivity index is 1.40. The molecule has 4 rings (SSSR count). The van der Waals surface area contributed by atoms with Crippen molar-refractivity contribution in [3.05, 3.63) is 91.7 Å². The Labute approximate surface area is 205 Å². The summed E-state index contributed by atoms with van der Waals surface area (Å²) in [5.41, 5.74) is 1.84. The fourth-order valence-corrected chi connectivity index (χ4v) is 4.77. The summed E-state index contributed by atoms with van der Waals surface area (Å²) >= 11 is 6.46. The minimum absolute atomic E-state index is 0.128. The van der Waals surface area contributed by atoms with Crippen LogP contribution in [0.1, 0.15) is 37.9 Å². The van der Waals surface area contributed by atoms with Crippen molar-refractivity contribution in [2.75, 3.05) is 13.1 Å². The van der Waals surface area contributed by atoms with Gasteiger partial charge in [0, 0.05) is 30.4 Å². The highest BCUT2D eigenvalue weighted by Crippen LogP contribution is 2.29. The Kier molecular flexibility index (Phi) is 7.59. The van der Waals surface area contributed by atoms with Crippen LogP contribution in [0.5, 0.6) is 5.75 Å². The van der Waals surface area contributed by atoms with Crippen molar-refractivity contribution >= 4 is 11.6 Å². The Morgan fingerprint density at radius 2 is 1.74 bits per heavy atom. The average molecular weight is 482 g/mol. The second-order valence-electron chi connectivity index (χ2n) is 9.33. The van der Waals surface area contributed by atoms with Crippen LogP contribution in [-0.4, -0.2) is 33.2 Å². The lowest BCUT2D eigenvalue weighted by atomic mass is 9.90. The van der Waals surface area contributed by atoms with Crippen molar-refractivity contribution in [2.24, 2.45) is 13.0 Å². The molecule has 0 atom stereocenters. The third-order valence-corrected chi connectivity index (χ3v) is 6.79. The highest BCUT2D eigenvalue weighted by atomic mass is 35.5. The summed E-state index contributed by atoms with van der Waals surface area (Å²) in [4.78, 5) is 28.0. The van der Waals surface area contributed by atoms with Crippen molar-refractivity contribution in [2.45, 2.75) is 45.8 Å². The van der Waals surface area contributed by atoms with Crippen LogP contribution in [0.4, 0.5) is 0 Å². The van der Waals surface area contributed by atoms with Crippen LogP contribution >= 0.6 is 11.6 Å². The van der Waals surface area contributed by atoms with Gasteiger partial charge in [0.05, 0.1) is 11.8 Å². The summed E-state index contributed by atoms with van der Waals surface area (Å²) in [6.07, 6.45) is 3.14. The number of para-hydroxylation sites is 1. The number of aromatic nitrogens is 2. The van der Waals surface area contributed by atoms with E-state index in [-0.39, 0.29) is 17.4 Å². The summed E-state index contributed by atoms with van der Waals surface area (Å²) < 4.78 is 8.63. The lowest BCUT2D eigenvalue weighted by Gasteiger charge is -2.32. The van der Waals surface area contributed by atoms with Crippen LogP contribution in [0.3, 0.4) is 0 Å². The first kappa shape index (κ1) is 24.3. The van der Waals surface area contributed by atoms with Crippen LogP contribution in [0.25, 0.3) is 5.69 Å². The van der Waals surface area contributed by atoms with Crippen LogP contribution in [-0.2, 0) is 20.0 Å². The molecule has 2 aromatic carbocycles. The van der Waals surface area contributed by atoms with Gasteiger partial charge in [0.25, 0.3) is 5.56 Å². The highest BCUT2D eigenvalue weighted by Gasteiger charge is 2.22. The van der Waals surface area contributed by atoms with Gasteiger partial charge < -0.3 is 4.74 Å². The summed E-state index contributed by atoms with van der Waals surface area (Å²) in [7, 11) is 1.73. The van der Waals surface area contributed by atoms with Crippen molar-refractivity contribution < 1.29 is 4.74 Å². The smallest absolute Gasteiger partial charge is 0.335 e. The molecule has 1 fully saturated rings. The quantitative estimate of drug-likeness (QED) is 0.501. The highest BCUT2D eigenvalue weighted by molar-refractivity contribution is 6.31.